The minimum Gasteiger partial charge on any atom is -0.337 e. The van der Waals surface area contributed by atoms with E-state index in [0.717, 1.165) is 28.1 Å². The van der Waals surface area contributed by atoms with Gasteiger partial charge in [0.15, 0.2) is 0 Å². The SMILES string of the molecule is O=C(C=Cc1ccsc1)N1CCN(S(=O)(=O)c2cccc(C(F)(F)F)c2)CC1. The maximum absolute atomic E-state index is 12.9. The molecule has 1 aliphatic rings. The first-order valence-corrected chi connectivity index (χ1v) is 10.7. The van der Waals surface area contributed by atoms with Crippen molar-refractivity contribution >= 4 is 33.3 Å². The van der Waals surface area contributed by atoms with E-state index in [1.165, 1.54) is 22.3 Å². The summed E-state index contributed by atoms with van der Waals surface area (Å²) in [6.07, 6.45) is -1.50. The molecule has 0 atom stereocenters. The summed E-state index contributed by atoms with van der Waals surface area (Å²) >= 11 is 1.51. The third kappa shape index (κ3) is 4.62. The highest BCUT2D eigenvalue weighted by Crippen LogP contribution is 2.31. The van der Waals surface area contributed by atoms with Crippen molar-refractivity contribution in [1.82, 2.24) is 9.21 Å². The molecule has 1 fully saturated rings. The van der Waals surface area contributed by atoms with Crippen molar-refractivity contribution in [3.8, 4) is 0 Å². The average Bonchev–Trinajstić information content (AvgIpc) is 3.19. The summed E-state index contributed by atoms with van der Waals surface area (Å²) < 4.78 is 65.0. The van der Waals surface area contributed by atoms with Crippen molar-refractivity contribution in [3.05, 3.63) is 58.3 Å². The summed E-state index contributed by atoms with van der Waals surface area (Å²) in [6, 6.07) is 5.55. The number of halogens is 3. The highest BCUT2D eigenvalue weighted by Gasteiger charge is 2.34. The van der Waals surface area contributed by atoms with Gasteiger partial charge in [0, 0.05) is 32.3 Å². The first-order chi connectivity index (χ1) is 13.2. The summed E-state index contributed by atoms with van der Waals surface area (Å²) in [5.41, 5.74) is -0.106. The number of carbonyl (C=O) groups excluding carboxylic acids is 1. The van der Waals surface area contributed by atoms with Crippen LogP contribution in [0, 0.1) is 0 Å². The molecule has 0 N–H and O–H groups in total. The summed E-state index contributed by atoms with van der Waals surface area (Å²) in [5, 5.41) is 3.78. The second kappa shape index (κ2) is 8.06. The minimum atomic E-state index is -4.62. The van der Waals surface area contributed by atoms with Gasteiger partial charge in [0.25, 0.3) is 0 Å². The first-order valence-electron chi connectivity index (χ1n) is 8.34. The molecule has 2 heterocycles. The van der Waals surface area contributed by atoms with Crippen LogP contribution in [0.25, 0.3) is 6.08 Å². The molecular weight excluding hydrogens is 413 g/mol. The number of piperazine rings is 1. The number of amides is 1. The lowest BCUT2D eigenvalue weighted by Gasteiger charge is -2.33. The van der Waals surface area contributed by atoms with Crippen LogP contribution in [0.1, 0.15) is 11.1 Å². The molecule has 0 unspecified atom stereocenters. The molecule has 0 spiro atoms. The number of benzene rings is 1. The predicted octanol–water partition coefficient (Wildman–Crippen LogP) is 3.31. The van der Waals surface area contributed by atoms with Crippen LogP contribution in [0.2, 0.25) is 0 Å². The molecule has 0 saturated carbocycles. The van der Waals surface area contributed by atoms with Gasteiger partial charge in [-0.1, -0.05) is 6.07 Å². The smallest absolute Gasteiger partial charge is 0.337 e. The van der Waals surface area contributed by atoms with Gasteiger partial charge in [-0.15, -0.1) is 0 Å². The van der Waals surface area contributed by atoms with Gasteiger partial charge >= 0.3 is 6.18 Å². The van der Waals surface area contributed by atoms with Crippen LogP contribution in [0.4, 0.5) is 13.2 Å². The summed E-state index contributed by atoms with van der Waals surface area (Å²) in [4.78, 5) is 13.3. The fourth-order valence-corrected chi connectivity index (χ4v) is 4.87. The van der Waals surface area contributed by atoms with E-state index in [-0.39, 0.29) is 32.1 Å². The van der Waals surface area contributed by atoms with E-state index in [0.29, 0.717) is 6.07 Å². The van der Waals surface area contributed by atoms with Crippen molar-refractivity contribution < 1.29 is 26.4 Å². The number of hydrogen-bond donors (Lipinski definition) is 0. The molecule has 28 heavy (non-hydrogen) atoms. The van der Waals surface area contributed by atoms with Crippen molar-refractivity contribution in [2.45, 2.75) is 11.1 Å². The van der Waals surface area contributed by atoms with Gasteiger partial charge < -0.3 is 4.90 Å². The van der Waals surface area contributed by atoms with Crippen molar-refractivity contribution in [2.75, 3.05) is 26.2 Å². The second-order valence-electron chi connectivity index (χ2n) is 6.14. The van der Waals surface area contributed by atoms with E-state index in [1.54, 1.807) is 6.08 Å². The molecule has 3 rings (SSSR count). The Kier molecular flexibility index (Phi) is 5.92. The standard InChI is InChI=1S/C18H17F3N2O3S2/c19-18(20,21)15-2-1-3-16(12-15)28(25,26)23-9-7-22(8-10-23)17(24)5-4-14-6-11-27-13-14/h1-6,11-13H,7-10H2. The lowest BCUT2D eigenvalue weighted by Crippen LogP contribution is -2.50. The quantitative estimate of drug-likeness (QED) is 0.700. The van der Waals surface area contributed by atoms with Crippen molar-refractivity contribution in [2.24, 2.45) is 0 Å². The molecule has 5 nitrogen and oxygen atoms in total. The molecule has 0 bridgehead atoms. The number of hydrogen-bond acceptors (Lipinski definition) is 4. The van der Waals surface area contributed by atoms with Gasteiger partial charge in [0.05, 0.1) is 10.5 Å². The van der Waals surface area contributed by atoms with E-state index in [1.807, 2.05) is 16.8 Å². The molecule has 1 aromatic carbocycles. The average molecular weight is 430 g/mol. The normalized spacial score (nSPS) is 16.6. The number of rotatable bonds is 4. The summed E-state index contributed by atoms with van der Waals surface area (Å²) in [5.74, 6) is -0.234. The largest absolute Gasteiger partial charge is 0.416 e. The Morgan fingerprint density at radius 1 is 1.11 bits per heavy atom. The van der Waals surface area contributed by atoms with E-state index < -0.39 is 26.7 Å². The van der Waals surface area contributed by atoms with Crippen LogP contribution in [0.5, 0.6) is 0 Å². The van der Waals surface area contributed by atoms with Crippen LogP contribution in [0.15, 0.2) is 52.1 Å². The molecule has 1 amide bonds. The summed E-state index contributed by atoms with van der Waals surface area (Å²) in [7, 11) is -4.06. The van der Waals surface area contributed by atoms with Gasteiger partial charge in [-0.25, -0.2) is 8.42 Å². The first kappa shape index (κ1) is 20.6. The van der Waals surface area contributed by atoms with Crippen LogP contribution < -0.4 is 0 Å². The Labute approximate surface area is 164 Å². The van der Waals surface area contributed by atoms with Crippen LogP contribution >= 0.6 is 11.3 Å². The van der Waals surface area contributed by atoms with E-state index in [2.05, 4.69) is 0 Å². The lowest BCUT2D eigenvalue weighted by molar-refractivity contribution is -0.137. The summed E-state index contributed by atoms with van der Waals surface area (Å²) in [6.45, 7) is 0.392. The van der Waals surface area contributed by atoms with Gasteiger partial charge in [-0.3, -0.25) is 4.79 Å². The monoisotopic (exact) mass is 430 g/mol. The maximum atomic E-state index is 12.9. The fraction of sp³-hybridized carbons (Fsp3) is 0.278. The lowest BCUT2D eigenvalue weighted by atomic mass is 10.2. The molecule has 2 aromatic rings. The van der Waals surface area contributed by atoms with Gasteiger partial charge in [-0.05, 0) is 46.7 Å². The Bertz CT molecular complexity index is 962. The number of carbonyl (C=O) groups is 1. The Morgan fingerprint density at radius 3 is 2.43 bits per heavy atom. The zero-order valence-electron chi connectivity index (χ0n) is 14.6. The second-order valence-corrected chi connectivity index (χ2v) is 8.86. The molecule has 10 heteroatoms. The molecule has 150 valence electrons. The van der Waals surface area contributed by atoms with E-state index in [9.17, 15) is 26.4 Å². The number of nitrogens with zero attached hydrogens (tertiary/aromatic N) is 2. The maximum Gasteiger partial charge on any atom is 0.416 e. The van der Waals surface area contributed by atoms with E-state index >= 15 is 0 Å². The van der Waals surface area contributed by atoms with Gasteiger partial charge in [0.2, 0.25) is 15.9 Å². The van der Waals surface area contributed by atoms with Crippen LogP contribution in [-0.4, -0.2) is 49.7 Å². The highest BCUT2D eigenvalue weighted by atomic mass is 32.2. The molecular formula is C18H17F3N2O3S2. The number of sulfonamides is 1. The Morgan fingerprint density at radius 2 is 1.82 bits per heavy atom. The molecule has 1 saturated heterocycles. The fourth-order valence-electron chi connectivity index (χ4n) is 2.77. The topological polar surface area (TPSA) is 57.7 Å². The predicted molar refractivity (Wildman–Crippen MR) is 100 cm³/mol. The number of thiophene rings is 1. The molecule has 1 aliphatic heterocycles. The van der Waals surface area contributed by atoms with Crippen molar-refractivity contribution in [1.29, 1.82) is 0 Å². The Hall–Kier alpha value is -2.17. The third-order valence-electron chi connectivity index (χ3n) is 4.31. The minimum absolute atomic E-state index is 0.0244. The zero-order chi connectivity index (χ0) is 20.4. The van der Waals surface area contributed by atoms with Crippen molar-refractivity contribution in [3.63, 3.8) is 0 Å². The van der Waals surface area contributed by atoms with Crippen LogP contribution in [-0.2, 0) is 21.0 Å². The van der Waals surface area contributed by atoms with E-state index in [4.69, 9.17) is 0 Å². The number of alkyl halides is 3. The Balaban J connectivity index is 1.66. The van der Waals surface area contributed by atoms with Gasteiger partial charge in [0.1, 0.15) is 0 Å². The third-order valence-corrected chi connectivity index (χ3v) is 6.91. The zero-order valence-corrected chi connectivity index (χ0v) is 16.2. The van der Waals surface area contributed by atoms with Crippen LogP contribution in [0.3, 0.4) is 0 Å². The molecule has 1 aromatic heterocycles. The highest BCUT2D eigenvalue weighted by molar-refractivity contribution is 7.89. The molecule has 0 aliphatic carbocycles. The molecule has 0 radical (unpaired) electrons. The van der Waals surface area contributed by atoms with Gasteiger partial charge in [-0.2, -0.15) is 28.8 Å².